The second-order valence-electron chi connectivity index (χ2n) is 3.92. The highest BCUT2D eigenvalue weighted by molar-refractivity contribution is 6.37. The molecule has 1 aromatic heterocycles. The van der Waals surface area contributed by atoms with Gasteiger partial charge in [0, 0.05) is 20.3 Å². The summed E-state index contributed by atoms with van der Waals surface area (Å²) in [5.74, 6) is 0.834. The van der Waals surface area contributed by atoms with Crippen LogP contribution in [0.5, 0.6) is 0 Å². The number of nitrogens with one attached hydrogen (secondary N) is 1. The number of nitrogens with two attached hydrogens (primary N) is 1. The number of nitrogens with zero attached hydrogens (tertiary/aromatic N) is 1. The largest absolute Gasteiger partial charge is 0.382 e. The van der Waals surface area contributed by atoms with E-state index < -0.39 is 0 Å². The number of hydrogen-bond donors (Lipinski definition) is 2. The number of unbranched alkanes of at least 4 members (excludes halogenated alkanes) is 1. The number of hydrogen-bond acceptors (Lipinski definition) is 5. The van der Waals surface area contributed by atoms with Crippen molar-refractivity contribution in [3.63, 3.8) is 0 Å². The van der Waals surface area contributed by atoms with Crippen LogP contribution < -0.4 is 11.1 Å². The Labute approximate surface area is 123 Å². The van der Waals surface area contributed by atoms with Crippen LogP contribution in [0.15, 0.2) is 6.07 Å². The lowest BCUT2D eigenvalue weighted by Gasteiger charge is -2.09. The maximum Gasteiger partial charge on any atom is 0.147 e. The lowest BCUT2D eigenvalue weighted by atomic mass is 10.3. The van der Waals surface area contributed by atoms with E-state index >= 15 is 0 Å². The first kappa shape index (κ1) is 16.3. The molecular weight excluding hydrogens is 289 g/mol. The molecule has 108 valence electrons. The molecule has 0 fully saturated rings. The lowest BCUT2D eigenvalue weighted by Crippen LogP contribution is -2.08. The molecule has 0 unspecified atom stereocenters. The van der Waals surface area contributed by atoms with E-state index in [2.05, 4.69) is 10.3 Å². The van der Waals surface area contributed by atoms with Crippen molar-refractivity contribution >= 4 is 34.8 Å². The Bertz CT molecular complexity index is 391. The van der Waals surface area contributed by atoms with Gasteiger partial charge >= 0.3 is 0 Å². The fourth-order valence-electron chi connectivity index (χ4n) is 1.39. The molecule has 0 amide bonds. The van der Waals surface area contributed by atoms with Crippen molar-refractivity contribution in [1.82, 2.24) is 4.98 Å². The summed E-state index contributed by atoms with van der Waals surface area (Å²) in [5.41, 5.74) is 5.61. The molecule has 5 nitrogen and oxygen atoms in total. The minimum atomic E-state index is 0.275. The molecule has 19 heavy (non-hydrogen) atoms. The summed E-state index contributed by atoms with van der Waals surface area (Å²) in [7, 11) is 1.65. The molecule has 0 aromatic carbocycles. The Morgan fingerprint density at radius 2 is 2.00 bits per heavy atom. The molecule has 0 aliphatic heterocycles. The summed E-state index contributed by atoms with van der Waals surface area (Å²) < 4.78 is 10.2. The second-order valence-corrected chi connectivity index (χ2v) is 4.74. The quantitative estimate of drug-likeness (QED) is 0.687. The molecule has 0 atom stereocenters. The van der Waals surface area contributed by atoms with Gasteiger partial charge in [-0.1, -0.05) is 23.2 Å². The first-order valence-electron chi connectivity index (χ1n) is 6.07. The molecule has 1 aromatic rings. The van der Waals surface area contributed by atoms with E-state index in [-0.39, 0.29) is 5.82 Å². The number of aromatic nitrogens is 1. The van der Waals surface area contributed by atoms with Crippen LogP contribution in [-0.2, 0) is 9.47 Å². The van der Waals surface area contributed by atoms with Crippen molar-refractivity contribution in [3.05, 3.63) is 16.1 Å². The predicted molar refractivity (Wildman–Crippen MR) is 79.1 cm³/mol. The van der Waals surface area contributed by atoms with Gasteiger partial charge < -0.3 is 20.5 Å². The fraction of sp³-hybridized carbons (Fsp3) is 0.583. The highest BCUT2D eigenvalue weighted by atomic mass is 35.5. The third-order valence-corrected chi connectivity index (χ3v) is 2.99. The van der Waals surface area contributed by atoms with Gasteiger partial charge in [-0.3, -0.25) is 0 Å². The van der Waals surface area contributed by atoms with Gasteiger partial charge in [0.2, 0.25) is 0 Å². The third kappa shape index (κ3) is 6.29. The first-order chi connectivity index (χ1) is 9.15. The highest BCUT2D eigenvalue weighted by Gasteiger charge is 2.06. The van der Waals surface area contributed by atoms with Gasteiger partial charge in [0.1, 0.15) is 11.6 Å². The Hall–Kier alpha value is -0.750. The summed E-state index contributed by atoms with van der Waals surface area (Å²) in [6, 6.07) is 1.58. The molecule has 1 rings (SSSR count). The SMILES string of the molecule is COCCOCCCCNc1nc(N)c(Cl)cc1Cl. The van der Waals surface area contributed by atoms with Crippen molar-refractivity contribution in [2.24, 2.45) is 0 Å². The Kier molecular flexibility index (Phi) is 7.90. The van der Waals surface area contributed by atoms with Crippen LogP contribution in [0, 0.1) is 0 Å². The smallest absolute Gasteiger partial charge is 0.147 e. The van der Waals surface area contributed by atoms with E-state index in [1.807, 2.05) is 0 Å². The van der Waals surface area contributed by atoms with Crippen molar-refractivity contribution < 1.29 is 9.47 Å². The lowest BCUT2D eigenvalue weighted by molar-refractivity contribution is 0.0691. The summed E-state index contributed by atoms with van der Waals surface area (Å²) in [5, 5.41) is 3.95. The van der Waals surface area contributed by atoms with Crippen LogP contribution in [0.2, 0.25) is 10.0 Å². The van der Waals surface area contributed by atoms with Gasteiger partial charge in [0.25, 0.3) is 0 Å². The normalized spacial score (nSPS) is 10.7. The number of anilines is 2. The Morgan fingerprint density at radius 3 is 2.74 bits per heavy atom. The summed E-state index contributed by atoms with van der Waals surface area (Å²) in [6.07, 6.45) is 1.91. The van der Waals surface area contributed by atoms with Gasteiger partial charge in [0.15, 0.2) is 0 Å². The van der Waals surface area contributed by atoms with Crippen LogP contribution >= 0.6 is 23.2 Å². The molecule has 0 saturated heterocycles. The van der Waals surface area contributed by atoms with Gasteiger partial charge in [-0.25, -0.2) is 4.98 Å². The highest BCUT2D eigenvalue weighted by Crippen LogP contribution is 2.27. The summed E-state index contributed by atoms with van der Waals surface area (Å²) in [6.45, 7) is 2.73. The van der Waals surface area contributed by atoms with E-state index in [1.165, 1.54) is 0 Å². The fourth-order valence-corrected chi connectivity index (χ4v) is 1.81. The molecule has 0 spiro atoms. The Balaban J connectivity index is 2.17. The molecule has 0 bridgehead atoms. The number of pyridine rings is 1. The van der Waals surface area contributed by atoms with Crippen molar-refractivity contribution in [1.29, 1.82) is 0 Å². The molecule has 1 heterocycles. The number of nitrogen functional groups attached to an aromatic ring is 1. The minimum absolute atomic E-state index is 0.275. The standard InChI is InChI=1S/C12H19Cl2N3O2/c1-18-6-7-19-5-3-2-4-16-12-10(14)8-9(13)11(15)17-12/h8H,2-7H2,1H3,(H3,15,16,17). The molecule has 3 N–H and O–H groups in total. The van der Waals surface area contributed by atoms with E-state index in [1.54, 1.807) is 13.2 Å². The van der Waals surface area contributed by atoms with Crippen LogP contribution in [0.3, 0.4) is 0 Å². The van der Waals surface area contributed by atoms with E-state index in [0.29, 0.717) is 29.1 Å². The molecule has 0 radical (unpaired) electrons. The third-order valence-electron chi connectivity index (χ3n) is 2.40. The van der Waals surface area contributed by atoms with E-state index in [4.69, 9.17) is 38.4 Å². The summed E-state index contributed by atoms with van der Waals surface area (Å²) in [4.78, 5) is 4.09. The van der Waals surface area contributed by atoms with Gasteiger partial charge in [-0.15, -0.1) is 0 Å². The van der Waals surface area contributed by atoms with Crippen LogP contribution in [0.4, 0.5) is 11.6 Å². The maximum atomic E-state index is 6.00. The van der Waals surface area contributed by atoms with Gasteiger partial charge in [-0.05, 0) is 18.9 Å². The second kappa shape index (κ2) is 9.20. The molecule has 7 heteroatoms. The average molecular weight is 308 g/mol. The predicted octanol–water partition coefficient (Wildman–Crippen LogP) is 2.83. The maximum absolute atomic E-state index is 6.00. The molecular formula is C12H19Cl2N3O2. The van der Waals surface area contributed by atoms with Crippen LogP contribution in [0.25, 0.3) is 0 Å². The number of methoxy groups -OCH3 is 1. The summed E-state index contributed by atoms with van der Waals surface area (Å²) >= 11 is 11.8. The van der Waals surface area contributed by atoms with E-state index in [9.17, 15) is 0 Å². The van der Waals surface area contributed by atoms with E-state index in [0.717, 1.165) is 26.0 Å². The zero-order valence-electron chi connectivity index (χ0n) is 10.9. The minimum Gasteiger partial charge on any atom is -0.382 e. The first-order valence-corrected chi connectivity index (χ1v) is 6.82. The number of rotatable bonds is 9. The van der Waals surface area contributed by atoms with Crippen molar-refractivity contribution in [2.75, 3.05) is 44.5 Å². The van der Waals surface area contributed by atoms with Crippen LogP contribution in [0.1, 0.15) is 12.8 Å². The Morgan fingerprint density at radius 1 is 1.21 bits per heavy atom. The van der Waals surface area contributed by atoms with Crippen LogP contribution in [-0.4, -0.2) is 38.5 Å². The van der Waals surface area contributed by atoms with Crippen molar-refractivity contribution in [3.8, 4) is 0 Å². The average Bonchev–Trinajstić information content (AvgIpc) is 2.38. The molecule has 0 saturated carbocycles. The van der Waals surface area contributed by atoms with Crippen molar-refractivity contribution in [2.45, 2.75) is 12.8 Å². The zero-order chi connectivity index (χ0) is 14.1. The molecule has 0 aliphatic rings. The van der Waals surface area contributed by atoms with Gasteiger partial charge in [0.05, 0.1) is 23.3 Å². The zero-order valence-corrected chi connectivity index (χ0v) is 12.4. The van der Waals surface area contributed by atoms with Gasteiger partial charge in [-0.2, -0.15) is 0 Å². The number of ether oxygens (including phenoxy) is 2. The molecule has 0 aliphatic carbocycles. The monoisotopic (exact) mass is 307 g/mol. The number of halogens is 2. The topological polar surface area (TPSA) is 69.4 Å².